The van der Waals surface area contributed by atoms with E-state index >= 15 is 0 Å². The van der Waals surface area contributed by atoms with Crippen molar-refractivity contribution in [1.29, 1.82) is 0 Å². The first kappa shape index (κ1) is 12.8. The molecule has 2 amide bonds. The van der Waals surface area contributed by atoms with Crippen molar-refractivity contribution in [1.82, 2.24) is 5.32 Å². The van der Waals surface area contributed by atoms with Crippen LogP contribution in [-0.4, -0.2) is 27.9 Å². The van der Waals surface area contributed by atoms with E-state index < -0.39 is 16.9 Å². The molecular weight excluding hydrogens is 254 g/mol. The van der Waals surface area contributed by atoms with E-state index in [1.807, 2.05) is 0 Å². The number of amides is 2. The Morgan fingerprint density at radius 2 is 2.26 bits per heavy atom. The number of nitro benzene ring substituents is 1. The zero-order valence-electron chi connectivity index (χ0n) is 9.75. The van der Waals surface area contributed by atoms with Crippen LogP contribution in [0.3, 0.4) is 0 Å². The Bertz CT molecular complexity index is 557. The molecule has 2 rings (SSSR count). The molecule has 8 nitrogen and oxygen atoms in total. The zero-order valence-corrected chi connectivity index (χ0v) is 9.75. The lowest BCUT2D eigenvalue weighted by Gasteiger charge is -2.11. The minimum atomic E-state index is -0.675. The van der Waals surface area contributed by atoms with Crippen LogP contribution in [0.4, 0.5) is 11.4 Å². The Labute approximate surface area is 107 Å². The Morgan fingerprint density at radius 3 is 2.84 bits per heavy atom. The minimum absolute atomic E-state index is 0.0552. The molecule has 1 aliphatic heterocycles. The second kappa shape index (κ2) is 4.92. The highest BCUT2D eigenvalue weighted by Gasteiger charge is 2.27. The predicted octanol–water partition coefficient (Wildman–Crippen LogP) is 0.517. The van der Waals surface area contributed by atoms with Gasteiger partial charge in [0.05, 0.1) is 10.6 Å². The van der Waals surface area contributed by atoms with Gasteiger partial charge < -0.3 is 15.7 Å². The Balaban J connectivity index is 2.14. The van der Waals surface area contributed by atoms with Gasteiger partial charge in [-0.25, -0.2) is 0 Å². The lowest BCUT2D eigenvalue weighted by atomic mass is 10.2. The fourth-order valence-electron chi connectivity index (χ4n) is 1.77. The molecule has 1 fully saturated rings. The van der Waals surface area contributed by atoms with Crippen molar-refractivity contribution in [3.63, 3.8) is 0 Å². The molecule has 1 atom stereocenters. The molecule has 1 aromatic carbocycles. The third-order valence-electron chi connectivity index (χ3n) is 2.76. The number of carbonyl (C=O) groups is 2. The summed E-state index contributed by atoms with van der Waals surface area (Å²) < 4.78 is 0. The second-order valence-corrected chi connectivity index (χ2v) is 4.11. The summed E-state index contributed by atoms with van der Waals surface area (Å²) in [4.78, 5) is 32.7. The highest BCUT2D eigenvalue weighted by atomic mass is 16.6. The molecule has 1 heterocycles. The van der Waals surface area contributed by atoms with Crippen LogP contribution >= 0.6 is 0 Å². The van der Waals surface area contributed by atoms with E-state index in [4.69, 9.17) is 0 Å². The van der Waals surface area contributed by atoms with Crippen LogP contribution in [0, 0.1) is 10.1 Å². The number of nitrogens with zero attached hydrogens (tertiary/aromatic N) is 1. The van der Waals surface area contributed by atoms with E-state index in [9.17, 15) is 24.8 Å². The lowest BCUT2D eigenvalue weighted by molar-refractivity contribution is -0.384. The molecular formula is C11H11N3O5. The van der Waals surface area contributed by atoms with Gasteiger partial charge in [0, 0.05) is 18.6 Å². The largest absolute Gasteiger partial charge is 0.506 e. The first-order valence-electron chi connectivity index (χ1n) is 5.55. The highest BCUT2D eigenvalue weighted by molar-refractivity contribution is 6.00. The van der Waals surface area contributed by atoms with Crippen LogP contribution < -0.4 is 10.6 Å². The normalized spacial score (nSPS) is 17.9. The molecule has 3 N–H and O–H groups in total. The molecule has 1 saturated heterocycles. The quantitative estimate of drug-likeness (QED) is 0.417. The minimum Gasteiger partial charge on any atom is -0.506 e. The predicted molar refractivity (Wildman–Crippen MR) is 64.6 cm³/mol. The van der Waals surface area contributed by atoms with Crippen molar-refractivity contribution < 1.29 is 19.6 Å². The molecule has 8 heteroatoms. The summed E-state index contributed by atoms with van der Waals surface area (Å²) in [6.45, 7) is 0. The first-order chi connectivity index (χ1) is 8.97. The molecule has 0 saturated carbocycles. The molecule has 0 spiro atoms. The van der Waals surface area contributed by atoms with Gasteiger partial charge in [-0.05, 0) is 12.5 Å². The number of aromatic hydroxyl groups is 1. The first-order valence-corrected chi connectivity index (χ1v) is 5.55. The molecule has 0 bridgehead atoms. The summed E-state index contributed by atoms with van der Waals surface area (Å²) >= 11 is 0. The van der Waals surface area contributed by atoms with Crippen molar-refractivity contribution in [2.75, 3.05) is 5.32 Å². The number of hydrogen-bond donors (Lipinski definition) is 3. The van der Waals surface area contributed by atoms with Gasteiger partial charge in [-0.15, -0.1) is 0 Å². The van der Waals surface area contributed by atoms with Gasteiger partial charge in [0.25, 0.3) is 5.69 Å². The van der Waals surface area contributed by atoms with Crippen molar-refractivity contribution in [3.8, 4) is 5.75 Å². The lowest BCUT2D eigenvalue weighted by Crippen LogP contribution is -2.37. The maximum Gasteiger partial charge on any atom is 0.271 e. The van der Waals surface area contributed by atoms with Crippen LogP contribution in [0.2, 0.25) is 0 Å². The van der Waals surface area contributed by atoms with Gasteiger partial charge in [-0.2, -0.15) is 0 Å². The van der Waals surface area contributed by atoms with E-state index in [2.05, 4.69) is 10.6 Å². The second-order valence-electron chi connectivity index (χ2n) is 4.11. The molecule has 1 unspecified atom stereocenters. The summed E-state index contributed by atoms with van der Waals surface area (Å²) in [5, 5.41) is 25.0. The third kappa shape index (κ3) is 2.79. The fourth-order valence-corrected chi connectivity index (χ4v) is 1.77. The van der Waals surface area contributed by atoms with Crippen molar-refractivity contribution in [2.24, 2.45) is 0 Å². The van der Waals surface area contributed by atoms with Crippen LogP contribution in [-0.2, 0) is 9.59 Å². The molecule has 1 aliphatic rings. The number of nitrogens with one attached hydrogen (secondary N) is 2. The Morgan fingerprint density at radius 1 is 1.53 bits per heavy atom. The van der Waals surface area contributed by atoms with E-state index in [1.165, 1.54) is 0 Å². The molecule has 0 aromatic heterocycles. The third-order valence-corrected chi connectivity index (χ3v) is 2.76. The number of rotatable bonds is 3. The van der Waals surface area contributed by atoms with Gasteiger partial charge in [0.1, 0.15) is 11.8 Å². The van der Waals surface area contributed by atoms with Crippen molar-refractivity contribution >= 4 is 23.2 Å². The number of nitro groups is 1. The molecule has 1 aromatic rings. The maximum atomic E-state index is 11.8. The van der Waals surface area contributed by atoms with Crippen LogP contribution in [0.15, 0.2) is 18.2 Å². The number of phenolic OH excluding ortho intramolecular Hbond substituents is 1. The number of hydrogen-bond acceptors (Lipinski definition) is 5. The maximum absolute atomic E-state index is 11.8. The number of carbonyl (C=O) groups excluding carboxylic acids is 2. The number of phenols is 1. The average molecular weight is 265 g/mol. The SMILES string of the molecule is O=C1CCC(C(=O)Nc2cc([N+](=O)[O-])ccc2O)N1. The van der Waals surface area contributed by atoms with E-state index in [0.29, 0.717) is 6.42 Å². The van der Waals surface area contributed by atoms with Gasteiger partial charge in [0.2, 0.25) is 11.8 Å². The summed E-state index contributed by atoms with van der Waals surface area (Å²) in [7, 11) is 0. The monoisotopic (exact) mass is 265 g/mol. The van der Waals surface area contributed by atoms with E-state index in [0.717, 1.165) is 18.2 Å². The van der Waals surface area contributed by atoms with Crippen molar-refractivity contribution in [2.45, 2.75) is 18.9 Å². The Hall–Kier alpha value is -2.64. The summed E-state index contributed by atoms with van der Waals surface area (Å²) in [5.74, 6) is -1.01. The van der Waals surface area contributed by atoms with Gasteiger partial charge in [-0.3, -0.25) is 19.7 Å². The number of benzene rings is 1. The molecule has 19 heavy (non-hydrogen) atoms. The topological polar surface area (TPSA) is 122 Å². The highest BCUT2D eigenvalue weighted by Crippen LogP contribution is 2.28. The molecule has 0 radical (unpaired) electrons. The van der Waals surface area contributed by atoms with Crippen LogP contribution in [0.1, 0.15) is 12.8 Å². The zero-order chi connectivity index (χ0) is 14.0. The standard InChI is InChI=1S/C11H11N3O5/c15-9-3-1-6(14(18)19)5-8(9)13-11(17)7-2-4-10(16)12-7/h1,3,5,7,15H,2,4H2,(H,12,16)(H,13,17). The van der Waals surface area contributed by atoms with Gasteiger partial charge in [-0.1, -0.05) is 0 Å². The molecule has 0 aliphatic carbocycles. The van der Waals surface area contributed by atoms with E-state index in [-0.39, 0.29) is 29.5 Å². The number of non-ortho nitro benzene ring substituents is 1. The summed E-state index contributed by atoms with van der Waals surface area (Å²) in [6, 6.07) is 2.64. The average Bonchev–Trinajstić information content (AvgIpc) is 2.78. The van der Waals surface area contributed by atoms with Crippen LogP contribution in [0.25, 0.3) is 0 Å². The molecule has 100 valence electrons. The fraction of sp³-hybridized carbons (Fsp3) is 0.273. The summed E-state index contributed by atoms with van der Waals surface area (Å²) in [6.07, 6.45) is 0.624. The Kier molecular flexibility index (Phi) is 3.32. The van der Waals surface area contributed by atoms with Gasteiger partial charge >= 0.3 is 0 Å². The smallest absolute Gasteiger partial charge is 0.271 e. The summed E-state index contributed by atoms with van der Waals surface area (Å²) in [5.41, 5.74) is -0.302. The number of anilines is 1. The van der Waals surface area contributed by atoms with E-state index in [1.54, 1.807) is 0 Å². The van der Waals surface area contributed by atoms with Gasteiger partial charge in [0.15, 0.2) is 0 Å². The van der Waals surface area contributed by atoms with Crippen molar-refractivity contribution in [3.05, 3.63) is 28.3 Å². The van der Waals surface area contributed by atoms with Crippen LogP contribution in [0.5, 0.6) is 5.75 Å².